The predicted octanol–water partition coefficient (Wildman–Crippen LogP) is 5.07. The van der Waals surface area contributed by atoms with Crippen LogP contribution in [-0.4, -0.2) is 52.8 Å². The molecular formula is C29H25FN4O2S. The van der Waals surface area contributed by atoms with Gasteiger partial charge in [0.05, 0.1) is 29.1 Å². The van der Waals surface area contributed by atoms with Gasteiger partial charge in [-0.3, -0.25) is 19.4 Å². The first-order valence-corrected chi connectivity index (χ1v) is 13.2. The number of imide groups is 1. The summed E-state index contributed by atoms with van der Waals surface area (Å²) in [6, 6.07) is 22.1. The molecule has 0 radical (unpaired) electrons. The van der Waals surface area contributed by atoms with Gasteiger partial charge in [0.1, 0.15) is 10.8 Å². The molecule has 0 atom stereocenters. The maximum atomic E-state index is 13.6. The second-order valence-corrected chi connectivity index (χ2v) is 10.2. The van der Waals surface area contributed by atoms with Crippen LogP contribution >= 0.6 is 11.3 Å². The zero-order valence-electron chi connectivity index (χ0n) is 20.1. The third-order valence-electron chi connectivity index (χ3n) is 6.90. The number of aromatic nitrogens is 1. The normalized spacial score (nSPS) is 15.9. The van der Waals surface area contributed by atoms with Gasteiger partial charge < -0.3 is 4.90 Å². The number of rotatable bonds is 6. The van der Waals surface area contributed by atoms with Crippen molar-refractivity contribution in [2.45, 2.75) is 13.1 Å². The molecule has 1 saturated heterocycles. The van der Waals surface area contributed by atoms with Gasteiger partial charge in [-0.15, -0.1) is 11.3 Å². The Morgan fingerprint density at radius 1 is 0.838 bits per heavy atom. The summed E-state index contributed by atoms with van der Waals surface area (Å²) in [5, 5.41) is 2.68. The number of halogens is 1. The number of thiazole rings is 1. The van der Waals surface area contributed by atoms with Crippen molar-refractivity contribution in [3.05, 3.63) is 106 Å². The Labute approximate surface area is 218 Å². The first kappa shape index (κ1) is 23.5. The van der Waals surface area contributed by atoms with Crippen molar-refractivity contribution < 1.29 is 14.0 Å². The fourth-order valence-electron chi connectivity index (χ4n) is 5.02. The molecule has 0 saturated carbocycles. The van der Waals surface area contributed by atoms with Gasteiger partial charge in [0, 0.05) is 43.7 Å². The summed E-state index contributed by atoms with van der Waals surface area (Å²) in [4.78, 5) is 37.2. The molecule has 186 valence electrons. The van der Waals surface area contributed by atoms with E-state index in [9.17, 15) is 14.0 Å². The van der Waals surface area contributed by atoms with Crippen LogP contribution in [0.3, 0.4) is 0 Å². The van der Waals surface area contributed by atoms with Gasteiger partial charge in [-0.2, -0.15) is 0 Å². The van der Waals surface area contributed by atoms with E-state index in [1.165, 1.54) is 22.3 Å². The third-order valence-corrected chi connectivity index (χ3v) is 7.73. The van der Waals surface area contributed by atoms with Crippen LogP contribution in [0, 0.1) is 5.82 Å². The molecular weight excluding hydrogens is 487 g/mol. The molecule has 0 spiro atoms. The average Bonchev–Trinajstić information content (AvgIpc) is 3.49. The smallest absolute Gasteiger partial charge is 0.264 e. The van der Waals surface area contributed by atoms with Crippen molar-refractivity contribution in [3.63, 3.8) is 0 Å². The minimum absolute atomic E-state index is 0.157. The Morgan fingerprint density at radius 3 is 2.41 bits per heavy atom. The van der Waals surface area contributed by atoms with Crippen molar-refractivity contribution in [1.82, 2.24) is 14.8 Å². The van der Waals surface area contributed by atoms with E-state index in [-0.39, 0.29) is 24.2 Å². The van der Waals surface area contributed by atoms with Crippen LogP contribution in [0.1, 0.15) is 31.3 Å². The van der Waals surface area contributed by atoms with Gasteiger partial charge >= 0.3 is 0 Å². The van der Waals surface area contributed by atoms with Gasteiger partial charge in [-0.05, 0) is 29.8 Å². The predicted molar refractivity (Wildman–Crippen MR) is 142 cm³/mol. The molecule has 0 bridgehead atoms. The van der Waals surface area contributed by atoms with E-state index in [2.05, 4.69) is 14.8 Å². The fraction of sp³-hybridized carbons (Fsp3) is 0.207. The zero-order chi connectivity index (χ0) is 25.4. The number of piperazine rings is 1. The SMILES string of the molecule is O=C1c2cccc(N3CCN(Cc4cccc(F)c4)CC3)c2C(=O)N1Cc1nc(-c2ccccc2)cs1. The Kier molecular flexibility index (Phi) is 6.28. The molecule has 3 aromatic carbocycles. The summed E-state index contributed by atoms with van der Waals surface area (Å²) in [6.45, 7) is 3.86. The van der Waals surface area contributed by atoms with E-state index >= 15 is 0 Å². The van der Waals surface area contributed by atoms with Gasteiger partial charge in [0.25, 0.3) is 11.8 Å². The topological polar surface area (TPSA) is 56.8 Å². The number of nitrogens with zero attached hydrogens (tertiary/aromatic N) is 4. The van der Waals surface area contributed by atoms with Crippen LogP contribution in [0.4, 0.5) is 10.1 Å². The number of carbonyl (C=O) groups excluding carboxylic acids is 2. The highest BCUT2D eigenvalue weighted by molar-refractivity contribution is 7.10. The van der Waals surface area contributed by atoms with Crippen LogP contribution in [0.15, 0.2) is 78.2 Å². The largest absolute Gasteiger partial charge is 0.368 e. The maximum absolute atomic E-state index is 13.6. The van der Waals surface area contributed by atoms with Gasteiger partial charge in [0.2, 0.25) is 0 Å². The maximum Gasteiger partial charge on any atom is 0.264 e. The molecule has 2 amide bonds. The van der Waals surface area contributed by atoms with E-state index in [0.717, 1.165) is 53.7 Å². The van der Waals surface area contributed by atoms with Crippen molar-refractivity contribution in [2.75, 3.05) is 31.1 Å². The van der Waals surface area contributed by atoms with Crippen molar-refractivity contribution in [3.8, 4) is 11.3 Å². The second-order valence-electron chi connectivity index (χ2n) is 9.28. The summed E-state index contributed by atoms with van der Waals surface area (Å²) in [5.41, 5.74) is 4.52. The summed E-state index contributed by atoms with van der Waals surface area (Å²) < 4.78 is 13.6. The highest BCUT2D eigenvalue weighted by atomic mass is 32.1. The summed E-state index contributed by atoms with van der Waals surface area (Å²) in [5.74, 6) is -0.768. The van der Waals surface area contributed by atoms with Crippen LogP contribution in [0.25, 0.3) is 11.3 Å². The van der Waals surface area contributed by atoms with Gasteiger partial charge in [-0.1, -0.05) is 48.5 Å². The lowest BCUT2D eigenvalue weighted by Crippen LogP contribution is -2.46. The Morgan fingerprint density at radius 2 is 1.62 bits per heavy atom. The van der Waals surface area contributed by atoms with E-state index < -0.39 is 0 Å². The van der Waals surface area contributed by atoms with Gasteiger partial charge in [-0.25, -0.2) is 9.37 Å². The van der Waals surface area contributed by atoms with E-state index in [1.54, 1.807) is 18.2 Å². The lowest BCUT2D eigenvalue weighted by atomic mass is 10.1. The zero-order valence-corrected chi connectivity index (χ0v) is 21.0. The number of hydrogen-bond donors (Lipinski definition) is 0. The molecule has 6 nitrogen and oxygen atoms in total. The second kappa shape index (κ2) is 9.88. The first-order chi connectivity index (χ1) is 18.1. The number of anilines is 1. The molecule has 0 aliphatic carbocycles. The molecule has 6 rings (SSSR count). The summed E-state index contributed by atoms with van der Waals surface area (Å²) in [7, 11) is 0. The summed E-state index contributed by atoms with van der Waals surface area (Å²) in [6.07, 6.45) is 0. The average molecular weight is 513 g/mol. The molecule has 1 fully saturated rings. The highest BCUT2D eigenvalue weighted by Gasteiger charge is 2.39. The van der Waals surface area contributed by atoms with Gasteiger partial charge in [0.15, 0.2) is 0 Å². The number of fused-ring (bicyclic) bond motifs is 1. The lowest BCUT2D eigenvalue weighted by molar-refractivity contribution is 0.0642. The number of amides is 2. The van der Waals surface area contributed by atoms with Crippen molar-refractivity contribution >= 4 is 28.8 Å². The molecule has 0 unspecified atom stereocenters. The molecule has 8 heteroatoms. The Bertz CT molecular complexity index is 1460. The van der Waals surface area contributed by atoms with E-state index in [0.29, 0.717) is 17.7 Å². The minimum atomic E-state index is -0.275. The molecule has 3 heterocycles. The minimum Gasteiger partial charge on any atom is -0.368 e. The Balaban J connectivity index is 1.16. The molecule has 0 N–H and O–H groups in total. The number of hydrogen-bond acceptors (Lipinski definition) is 6. The van der Waals surface area contributed by atoms with E-state index in [4.69, 9.17) is 0 Å². The lowest BCUT2D eigenvalue weighted by Gasteiger charge is -2.36. The monoisotopic (exact) mass is 512 g/mol. The third kappa shape index (κ3) is 4.65. The standard InChI is InChI=1S/C29H25FN4O2S/c30-22-9-4-6-20(16-22)17-32-12-14-33(15-13-32)25-11-5-10-23-27(25)29(36)34(28(23)35)18-26-31-24(19-37-26)21-7-2-1-3-8-21/h1-11,16,19H,12-15,17-18H2. The van der Waals surface area contributed by atoms with E-state index in [1.807, 2.05) is 53.9 Å². The van der Waals surface area contributed by atoms with Crippen LogP contribution in [-0.2, 0) is 13.1 Å². The molecule has 4 aromatic rings. The Hall–Kier alpha value is -3.88. The first-order valence-electron chi connectivity index (χ1n) is 12.3. The van der Waals surface area contributed by atoms with Crippen molar-refractivity contribution in [1.29, 1.82) is 0 Å². The molecule has 1 aromatic heterocycles. The number of benzene rings is 3. The highest BCUT2D eigenvalue weighted by Crippen LogP contribution is 2.34. The molecule has 2 aliphatic heterocycles. The van der Waals surface area contributed by atoms with Crippen LogP contribution in [0.5, 0.6) is 0 Å². The van der Waals surface area contributed by atoms with Crippen molar-refractivity contribution in [2.24, 2.45) is 0 Å². The number of carbonyl (C=O) groups is 2. The molecule has 2 aliphatic rings. The molecule has 37 heavy (non-hydrogen) atoms. The quantitative estimate of drug-likeness (QED) is 0.338. The fourth-order valence-corrected chi connectivity index (χ4v) is 5.81. The summed E-state index contributed by atoms with van der Waals surface area (Å²) >= 11 is 1.45. The van der Waals surface area contributed by atoms with Crippen LogP contribution in [0.2, 0.25) is 0 Å². The van der Waals surface area contributed by atoms with Crippen LogP contribution < -0.4 is 4.90 Å².